The van der Waals surface area contributed by atoms with Crippen molar-refractivity contribution in [1.29, 1.82) is 0 Å². The number of rotatable bonds is 4. The van der Waals surface area contributed by atoms with Crippen molar-refractivity contribution in [3.05, 3.63) is 144 Å². The first kappa shape index (κ1) is 32.8. The van der Waals surface area contributed by atoms with Gasteiger partial charge in [0.25, 0.3) is 0 Å². The molecule has 4 rings (SSSR count). The molecule has 0 bridgehead atoms. The molecule has 0 atom stereocenters. The van der Waals surface area contributed by atoms with Crippen LogP contribution >= 0.6 is 0 Å². The van der Waals surface area contributed by atoms with E-state index in [-0.39, 0.29) is 31.1 Å². The van der Waals surface area contributed by atoms with Crippen LogP contribution in [0.25, 0.3) is 0 Å². The molecule has 0 spiro atoms. The Morgan fingerprint density at radius 2 is 0.459 bits per heavy atom. The Kier molecular flexibility index (Phi) is 16.9. The van der Waals surface area contributed by atoms with Crippen LogP contribution in [0.2, 0.25) is 0 Å². The minimum atomic E-state index is -0.879. The van der Waals surface area contributed by atoms with Gasteiger partial charge in [0, 0.05) is 31.1 Å². The number of hydrogen-bond donors (Lipinski definition) is 4. The Morgan fingerprint density at radius 1 is 0.324 bits per heavy atom. The first-order valence-electron chi connectivity index (χ1n) is 10.4. The molecular weight excluding hydrogens is 702 g/mol. The summed E-state index contributed by atoms with van der Waals surface area (Å²) in [5, 5.41) is 33.5. The molecule has 8 nitrogen and oxygen atoms in total. The van der Waals surface area contributed by atoms with Crippen LogP contribution < -0.4 is 0 Å². The van der Waals surface area contributed by atoms with Gasteiger partial charge < -0.3 is 20.4 Å². The summed E-state index contributed by atoms with van der Waals surface area (Å²) in [5.74, 6) is -3.52. The standard InChI is InChI=1S/4C7H6O2.U/c4*8-7(9)6-4-2-1-3-5-6;/h4*1-5H,(H,8,9);. The number of carbonyl (C=O) groups is 4. The molecule has 4 aromatic carbocycles. The third-order valence-electron chi connectivity index (χ3n) is 4.08. The topological polar surface area (TPSA) is 149 Å². The van der Waals surface area contributed by atoms with Crippen LogP contribution in [0.15, 0.2) is 121 Å². The zero-order valence-corrected chi connectivity index (χ0v) is 23.6. The summed E-state index contributed by atoms with van der Waals surface area (Å²) in [4.78, 5) is 40.8. The fourth-order valence-corrected chi connectivity index (χ4v) is 2.32. The maximum atomic E-state index is 10.2. The van der Waals surface area contributed by atoms with Crippen LogP contribution in [0.5, 0.6) is 0 Å². The average Bonchev–Trinajstić information content (AvgIpc) is 2.92. The van der Waals surface area contributed by atoms with Crippen molar-refractivity contribution in [2.45, 2.75) is 0 Å². The van der Waals surface area contributed by atoms with Crippen LogP contribution in [0.4, 0.5) is 0 Å². The van der Waals surface area contributed by atoms with Crippen LogP contribution in [-0.4, -0.2) is 44.3 Å². The smallest absolute Gasteiger partial charge is 0.335 e. The summed E-state index contributed by atoms with van der Waals surface area (Å²) in [5.41, 5.74) is 1.32. The van der Waals surface area contributed by atoms with Crippen molar-refractivity contribution < 1.29 is 70.7 Å². The van der Waals surface area contributed by atoms with E-state index in [1.54, 1.807) is 121 Å². The minimum Gasteiger partial charge on any atom is -0.478 e. The van der Waals surface area contributed by atoms with E-state index in [9.17, 15) is 19.2 Å². The van der Waals surface area contributed by atoms with Crippen molar-refractivity contribution in [3.8, 4) is 0 Å². The van der Waals surface area contributed by atoms with Gasteiger partial charge in [0.2, 0.25) is 0 Å². The molecule has 9 heteroatoms. The Bertz CT molecular complexity index is 1020. The van der Waals surface area contributed by atoms with E-state index in [0.29, 0.717) is 22.3 Å². The molecule has 0 aliphatic rings. The van der Waals surface area contributed by atoms with Crippen LogP contribution in [0.3, 0.4) is 0 Å². The van der Waals surface area contributed by atoms with Gasteiger partial charge in [0.1, 0.15) is 0 Å². The van der Waals surface area contributed by atoms with Gasteiger partial charge >= 0.3 is 23.9 Å². The largest absolute Gasteiger partial charge is 0.478 e. The van der Waals surface area contributed by atoms with E-state index >= 15 is 0 Å². The molecule has 0 aromatic heterocycles. The van der Waals surface area contributed by atoms with Gasteiger partial charge in [-0.25, -0.2) is 19.2 Å². The predicted molar refractivity (Wildman–Crippen MR) is 134 cm³/mol. The fraction of sp³-hybridized carbons (Fsp3) is 0. The predicted octanol–water partition coefficient (Wildman–Crippen LogP) is 5.54. The molecule has 0 saturated carbocycles. The van der Waals surface area contributed by atoms with E-state index < -0.39 is 23.9 Å². The summed E-state index contributed by atoms with van der Waals surface area (Å²) in [6.45, 7) is 0. The third-order valence-corrected chi connectivity index (χ3v) is 4.08. The molecule has 0 amide bonds. The van der Waals surface area contributed by atoms with Gasteiger partial charge in [-0.15, -0.1) is 0 Å². The zero-order chi connectivity index (χ0) is 26.8. The Morgan fingerprint density at radius 3 is 0.541 bits per heavy atom. The molecule has 0 radical (unpaired) electrons. The Labute approximate surface area is 237 Å². The molecule has 0 heterocycles. The van der Waals surface area contributed by atoms with Gasteiger partial charge in [-0.3, -0.25) is 0 Å². The van der Waals surface area contributed by atoms with E-state index in [1.807, 2.05) is 0 Å². The van der Waals surface area contributed by atoms with Crippen molar-refractivity contribution in [1.82, 2.24) is 0 Å². The van der Waals surface area contributed by atoms with Gasteiger partial charge in [0.05, 0.1) is 22.3 Å². The Hall–Kier alpha value is -4.19. The molecule has 37 heavy (non-hydrogen) atoms. The van der Waals surface area contributed by atoms with Crippen molar-refractivity contribution in [2.75, 3.05) is 0 Å². The molecule has 4 N–H and O–H groups in total. The average molecular weight is 727 g/mol. The maximum absolute atomic E-state index is 10.2. The van der Waals surface area contributed by atoms with Crippen molar-refractivity contribution in [2.24, 2.45) is 0 Å². The van der Waals surface area contributed by atoms with Crippen LogP contribution in [-0.2, 0) is 0 Å². The Balaban J connectivity index is 0.000000463. The maximum Gasteiger partial charge on any atom is 0.335 e. The summed E-state index contributed by atoms with van der Waals surface area (Å²) >= 11 is 0. The number of carboxylic acid groups (broad SMARTS) is 4. The molecule has 0 saturated heterocycles. The molecule has 0 unspecified atom stereocenters. The van der Waals surface area contributed by atoms with E-state index in [0.717, 1.165) is 0 Å². The number of hydrogen-bond acceptors (Lipinski definition) is 4. The molecule has 188 valence electrons. The molecule has 4 aromatic rings. The van der Waals surface area contributed by atoms with Gasteiger partial charge in [-0.2, -0.15) is 0 Å². The van der Waals surface area contributed by atoms with E-state index in [4.69, 9.17) is 20.4 Å². The first-order valence-corrected chi connectivity index (χ1v) is 10.4. The minimum absolute atomic E-state index is 0. The second-order valence-electron chi connectivity index (χ2n) is 6.68. The second kappa shape index (κ2) is 19.1. The molecular formula is C28H24O8U. The molecule has 0 aliphatic heterocycles. The number of benzene rings is 4. The van der Waals surface area contributed by atoms with Crippen molar-refractivity contribution >= 4 is 23.9 Å². The summed E-state index contributed by atoms with van der Waals surface area (Å²) in [6, 6.07) is 33.2. The summed E-state index contributed by atoms with van der Waals surface area (Å²) < 4.78 is 0. The first-order chi connectivity index (χ1) is 17.2. The number of aromatic carboxylic acids is 4. The van der Waals surface area contributed by atoms with Crippen LogP contribution in [0, 0.1) is 31.1 Å². The van der Waals surface area contributed by atoms with Crippen LogP contribution in [0.1, 0.15) is 41.4 Å². The number of carboxylic acids is 4. The fourth-order valence-electron chi connectivity index (χ4n) is 2.32. The van der Waals surface area contributed by atoms with E-state index in [2.05, 4.69) is 0 Å². The van der Waals surface area contributed by atoms with Gasteiger partial charge in [0.15, 0.2) is 0 Å². The van der Waals surface area contributed by atoms with Crippen molar-refractivity contribution in [3.63, 3.8) is 0 Å². The monoisotopic (exact) mass is 726 g/mol. The second-order valence-corrected chi connectivity index (χ2v) is 6.68. The summed E-state index contributed by atoms with van der Waals surface area (Å²) in [6.07, 6.45) is 0. The molecule has 0 fully saturated rings. The third kappa shape index (κ3) is 14.7. The van der Waals surface area contributed by atoms with E-state index in [1.165, 1.54) is 0 Å². The van der Waals surface area contributed by atoms with Gasteiger partial charge in [-0.05, 0) is 48.5 Å². The SMILES string of the molecule is O=C(O)c1ccccc1.O=C(O)c1ccccc1.O=C(O)c1ccccc1.O=C(O)c1ccccc1.[U]. The van der Waals surface area contributed by atoms with Gasteiger partial charge in [-0.1, -0.05) is 72.8 Å². The molecule has 0 aliphatic carbocycles. The summed E-state index contributed by atoms with van der Waals surface area (Å²) in [7, 11) is 0. The normalized spacial score (nSPS) is 8.65. The quantitative estimate of drug-likeness (QED) is 0.214. The zero-order valence-electron chi connectivity index (χ0n) is 19.5.